The Balaban J connectivity index is 1.92. The molecule has 0 aliphatic rings. The summed E-state index contributed by atoms with van der Waals surface area (Å²) in [5.74, 6) is -1.05. The molecule has 0 fully saturated rings. The van der Waals surface area contributed by atoms with E-state index >= 15 is 0 Å². The second kappa shape index (κ2) is 8.75. The Hall–Kier alpha value is -2.22. The fraction of sp³-hybridized carbons (Fsp3) is 0.211. The Bertz CT molecular complexity index is 784. The molecule has 5 nitrogen and oxygen atoms in total. The highest BCUT2D eigenvalue weighted by Gasteiger charge is 2.13. The van der Waals surface area contributed by atoms with Gasteiger partial charge >= 0.3 is 5.97 Å². The van der Waals surface area contributed by atoms with Gasteiger partial charge in [-0.1, -0.05) is 19.9 Å². The van der Waals surface area contributed by atoms with Crippen LogP contribution in [0.4, 0.5) is 5.69 Å². The van der Waals surface area contributed by atoms with Crippen LogP contribution in [0.2, 0.25) is 0 Å². The molecule has 0 spiro atoms. The number of hydrogen-bond acceptors (Lipinski definition) is 4. The van der Waals surface area contributed by atoms with Gasteiger partial charge in [0, 0.05) is 20.7 Å². The van der Waals surface area contributed by atoms with Crippen LogP contribution in [-0.4, -0.2) is 24.3 Å². The van der Waals surface area contributed by atoms with Crippen LogP contribution < -0.4 is 5.32 Å². The Morgan fingerprint density at radius 3 is 2.32 bits per heavy atom. The molecule has 0 aromatic heterocycles. The fourth-order valence-electron chi connectivity index (χ4n) is 1.94. The number of halogens is 1. The Morgan fingerprint density at radius 1 is 1.04 bits per heavy atom. The highest BCUT2D eigenvalue weighted by atomic mass is 127. The summed E-state index contributed by atoms with van der Waals surface area (Å²) in [5.41, 5.74) is 1.44. The number of ether oxygens (including phenoxy) is 1. The van der Waals surface area contributed by atoms with Crippen molar-refractivity contribution >= 4 is 45.9 Å². The summed E-state index contributed by atoms with van der Waals surface area (Å²) in [6.07, 6.45) is 0. The summed E-state index contributed by atoms with van der Waals surface area (Å²) < 4.78 is 5.98. The molecule has 25 heavy (non-hydrogen) atoms. The van der Waals surface area contributed by atoms with E-state index in [-0.39, 0.29) is 24.2 Å². The smallest absolute Gasteiger partial charge is 0.338 e. The first-order chi connectivity index (χ1) is 11.9. The molecule has 0 saturated heterocycles. The lowest BCUT2D eigenvalue weighted by molar-refractivity contribution is -0.118. The number of anilines is 1. The van der Waals surface area contributed by atoms with Gasteiger partial charge in [-0.25, -0.2) is 4.79 Å². The van der Waals surface area contributed by atoms with Crippen molar-refractivity contribution in [1.82, 2.24) is 0 Å². The molecule has 0 aliphatic heterocycles. The van der Waals surface area contributed by atoms with E-state index in [1.165, 1.54) is 0 Å². The summed E-state index contributed by atoms with van der Waals surface area (Å²) in [6, 6.07) is 13.4. The number of rotatable bonds is 6. The largest absolute Gasteiger partial charge is 0.454 e. The number of amides is 1. The second-order valence-electron chi connectivity index (χ2n) is 5.73. The average molecular weight is 451 g/mol. The van der Waals surface area contributed by atoms with Crippen molar-refractivity contribution < 1.29 is 19.1 Å². The SMILES string of the molecule is CC(C)C(=O)Nc1ccc(C(=O)COC(=O)c2cccc(I)c2)cc1. The summed E-state index contributed by atoms with van der Waals surface area (Å²) in [6.45, 7) is 3.27. The topological polar surface area (TPSA) is 72.5 Å². The van der Waals surface area contributed by atoms with E-state index in [4.69, 9.17) is 4.74 Å². The molecule has 2 aromatic rings. The lowest BCUT2D eigenvalue weighted by Crippen LogP contribution is -2.18. The van der Waals surface area contributed by atoms with Gasteiger partial charge in [-0.05, 0) is 65.1 Å². The van der Waals surface area contributed by atoms with Gasteiger partial charge in [0.25, 0.3) is 0 Å². The van der Waals surface area contributed by atoms with Crippen molar-refractivity contribution in [3.63, 3.8) is 0 Å². The number of ketones is 1. The second-order valence-corrected chi connectivity index (χ2v) is 6.98. The number of esters is 1. The molecule has 0 heterocycles. The van der Waals surface area contributed by atoms with Gasteiger partial charge in [-0.2, -0.15) is 0 Å². The molecular weight excluding hydrogens is 433 g/mol. The van der Waals surface area contributed by atoms with E-state index in [1.807, 2.05) is 6.07 Å². The van der Waals surface area contributed by atoms with Gasteiger partial charge in [0.1, 0.15) is 0 Å². The summed E-state index contributed by atoms with van der Waals surface area (Å²) in [5, 5.41) is 2.75. The first kappa shape index (κ1) is 19.1. The molecule has 0 aliphatic carbocycles. The third kappa shape index (κ3) is 5.67. The zero-order chi connectivity index (χ0) is 18.4. The quantitative estimate of drug-likeness (QED) is 0.411. The molecule has 1 N–H and O–H groups in total. The van der Waals surface area contributed by atoms with E-state index in [9.17, 15) is 14.4 Å². The van der Waals surface area contributed by atoms with Crippen molar-refractivity contribution in [1.29, 1.82) is 0 Å². The van der Waals surface area contributed by atoms with Crippen LogP contribution in [0.5, 0.6) is 0 Å². The van der Waals surface area contributed by atoms with Crippen molar-refractivity contribution in [2.24, 2.45) is 5.92 Å². The number of carbonyl (C=O) groups is 3. The maximum absolute atomic E-state index is 12.1. The summed E-state index contributed by atoms with van der Waals surface area (Å²) >= 11 is 2.10. The van der Waals surface area contributed by atoms with Crippen LogP contribution in [0.25, 0.3) is 0 Å². The third-order valence-electron chi connectivity index (χ3n) is 3.39. The van der Waals surface area contributed by atoms with Crippen LogP contribution in [0.1, 0.15) is 34.6 Å². The van der Waals surface area contributed by atoms with E-state index in [0.717, 1.165) is 3.57 Å². The maximum Gasteiger partial charge on any atom is 0.338 e. The highest BCUT2D eigenvalue weighted by Crippen LogP contribution is 2.13. The average Bonchev–Trinajstić information content (AvgIpc) is 2.59. The minimum Gasteiger partial charge on any atom is -0.454 e. The van der Waals surface area contributed by atoms with Crippen LogP contribution in [0.3, 0.4) is 0 Å². The monoisotopic (exact) mass is 451 g/mol. The van der Waals surface area contributed by atoms with Crippen molar-refractivity contribution in [3.8, 4) is 0 Å². The molecule has 6 heteroatoms. The zero-order valence-corrected chi connectivity index (χ0v) is 16.1. The minimum absolute atomic E-state index is 0.0921. The molecule has 2 aromatic carbocycles. The van der Waals surface area contributed by atoms with Gasteiger partial charge in [0.15, 0.2) is 12.4 Å². The van der Waals surface area contributed by atoms with Crippen LogP contribution >= 0.6 is 22.6 Å². The minimum atomic E-state index is -0.535. The van der Waals surface area contributed by atoms with E-state index in [1.54, 1.807) is 56.3 Å². The molecule has 0 atom stereocenters. The predicted molar refractivity (Wildman–Crippen MR) is 104 cm³/mol. The highest BCUT2D eigenvalue weighted by molar-refractivity contribution is 14.1. The van der Waals surface area contributed by atoms with Gasteiger partial charge in [0.2, 0.25) is 5.91 Å². The zero-order valence-electron chi connectivity index (χ0n) is 13.9. The standard InChI is InChI=1S/C19H18INO4/c1-12(2)18(23)21-16-8-6-13(7-9-16)17(22)11-25-19(24)14-4-3-5-15(20)10-14/h3-10,12H,11H2,1-2H3,(H,21,23). The first-order valence-corrected chi connectivity index (χ1v) is 8.81. The maximum atomic E-state index is 12.1. The van der Waals surface area contributed by atoms with E-state index < -0.39 is 5.97 Å². The molecule has 1 amide bonds. The number of benzene rings is 2. The van der Waals surface area contributed by atoms with Gasteiger partial charge in [-0.15, -0.1) is 0 Å². The Kier molecular flexibility index (Phi) is 6.69. The van der Waals surface area contributed by atoms with Crippen LogP contribution in [0, 0.1) is 9.49 Å². The van der Waals surface area contributed by atoms with Gasteiger partial charge < -0.3 is 10.1 Å². The number of hydrogen-bond donors (Lipinski definition) is 1. The molecule has 0 saturated carbocycles. The summed E-state index contributed by atoms with van der Waals surface area (Å²) in [7, 11) is 0. The lowest BCUT2D eigenvalue weighted by atomic mass is 10.1. The molecule has 2 rings (SSSR count). The third-order valence-corrected chi connectivity index (χ3v) is 4.06. The lowest BCUT2D eigenvalue weighted by Gasteiger charge is -2.08. The molecule has 130 valence electrons. The van der Waals surface area contributed by atoms with Crippen LogP contribution in [0.15, 0.2) is 48.5 Å². The summed E-state index contributed by atoms with van der Waals surface area (Å²) in [4.78, 5) is 35.7. The van der Waals surface area contributed by atoms with E-state index in [2.05, 4.69) is 27.9 Å². The molecular formula is C19H18INO4. The van der Waals surface area contributed by atoms with Crippen molar-refractivity contribution in [2.45, 2.75) is 13.8 Å². The normalized spacial score (nSPS) is 10.4. The van der Waals surface area contributed by atoms with Crippen molar-refractivity contribution in [2.75, 3.05) is 11.9 Å². The van der Waals surface area contributed by atoms with Crippen molar-refractivity contribution in [3.05, 3.63) is 63.2 Å². The van der Waals surface area contributed by atoms with Gasteiger partial charge in [-0.3, -0.25) is 9.59 Å². The van der Waals surface area contributed by atoms with E-state index in [0.29, 0.717) is 16.8 Å². The Morgan fingerprint density at radius 2 is 1.72 bits per heavy atom. The van der Waals surface area contributed by atoms with Crippen LogP contribution in [-0.2, 0) is 9.53 Å². The predicted octanol–water partition coefficient (Wildman–Crippen LogP) is 3.93. The molecule has 0 radical (unpaired) electrons. The fourth-order valence-corrected chi connectivity index (χ4v) is 2.48. The molecule has 0 bridgehead atoms. The number of nitrogens with one attached hydrogen (secondary N) is 1. The first-order valence-electron chi connectivity index (χ1n) is 7.73. The van der Waals surface area contributed by atoms with Gasteiger partial charge in [0.05, 0.1) is 5.56 Å². The number of carbonyl (C=O) groups excluding carboxylic acids is 3. The Labute approximate surface area is 159 Å². The molecule has 0 unspecified atom stereocenters. The number of Topliss-reactive ketones (excluding diaryl/α,β-unsaturated/α-hetero) is 1.